The molecular formula is C22H34ClIN4O3. The number of rotatable bonds is 9. The third-order valence-corrected chi connectivity index (χ3v) is 5.44. The molecule has 31 heavy (non-hydrogen) atoms. The summed E-state index contributed by atoms with van der Waals surface area (Å²) in [5.41, 5.74) is 0.944. The number of piperazine rings is 1. The van der Waals surface area contributed by atoms with Crippen LogP contribution in [0.15, 0.2) is 29.3 Å². The largest absolute Gasteiger partial charge is 0.469 e. The average molecular weight is 565 g/mol. The van der Waals surface area contributed by atoms with E-state index in [2.05, 4.69) is 19.9 Å². The molecule has 0 radical (unpaired) electrons. The SMILES string of the molecule is CN=C(NCCCCCCC(=O)OC)N1CCN(C(=O)Cc2cccc(Cl)c2)CC1.I. The Morgan fingerprint density at radius 1 is 1.10 bits per heavy atom. The minimum Gasteiger partial charge on any atom is -0.469 e. The second kappa shape index (κ2) is 15.3. The maximum absolute atomic E-state index is 12.6. The van der Waals surface area contributed by atoms with Gasteiger partial charge in [0.15, 0.2) is 5.96 Å². The number of carbonyl (C=O) groups is 2. The van der Waals surface area contributed by atoms with E-state index in [1.807, 2.05) is 29.2 Å². The van der Waals surface area contributed by atoms with E-state index >= 15 is 0 Å². The fraction of sp³-hybridized carbons (Fsp3) is 0.591. The summed E-state index contributed by atoms with van der Waals surface area (Å²) in [6.07, 6.45) is 4.84. The highest BCUT2D eigenvalue weighted by Crippen LogP contribution is 2.13. The second-order valence-corrected chi connectivity index (χ2v) is 7.83. The number of guanidine groups is 1. The van der Waals surface area contributed by atoms with Crippen molar-refractivity contribution in [1.82, 2.24) is 15.1 Å². The van der Waals surface area contributed by atoms with Crippen molar-refractivity contribution in [3.63, 3.8) is 0 Å². The van der Waals surface area contributed by atoms with E-state index in [0.29, 0.717) is 31.0 Å². The van der Waals surface area contributed by atoms with Gasteiger partial charge in [0.25, 0.3) is 0 Å². The summed E-state index contributed by atoms with van der Waals surface area (Å²) in [4.78, 5) is 32.1. The van der Waals surface area contributed by atoms with E-state index in [9.17, 15) is 9.59 Å². The summed E-state index contributed by atoms with van der Waals surface area (Å²) in [5.74, 6) is 0.872. The Balaban J connectivity index is 0.00000480. The number of ether oxygens (including phenoxy) is 1. The number of benzene rings is 1. The van der Waals surface area contributed by atoms with Crippen LogP contribution in [0.2, 0.25) is 5.02 Å². The first-order chi connectivity index (χ1) is 14.5. The van der Waals surface area contributed by atoms with Gasteiger partial charge in [0.2, 0.25) is 5.91 Å². The number of carbonyl (C=O) groups excluding carboxylic acids is 2. The fourth-order valence-electron chi connectivity index (χ4n) is 3.48. The summed E-state index contributed by atoms with van der Waals surface area (Å²) in [5, 5.41) is 4.06. The van der Waals surface area contributed by atoms with Crippen LogP contribution in [-0.2, 0) is 20.7 Å². The second-order valence-electron chi connectivity index (χ2n) is 7.39. The molecule has 0 saturated carbocycles. The van der Waals surface area contributed by atoms with Gasteiger partial charge in [-0.3, -0.25) is 14.6 Å². The standard InChI is InChI=1S/C22H33ClN4O3.HI/c1-24-22(25-11-6-4-3-5-10-21(29)30-2)27-14-12-26(13-15-27)20(28)17-18-8-7-9-19(23)16-18;/h7-9,16H,3-6,10-15,17H2,1-2H3,(H,24,25);1H. The van der Waals surface area contributed by atoms with Crippen LogP contribution in [0.25, 0.3) is 0 Å². The van der Waals surface area contributed by atoms with Gasteiger partial charge in [-0.05, 0) is 30.5 Å². The Bertz CT molecular complexity index is 724. The highest BCUT2D eigenvalue weighted by Gasteiger charge is 2.23. The molecule has 1 aliphatic heterocycles. The van der Waals surface area contributed by atoms with Gasteiger partial charge in [-0.2, -0.15) is 0 Å². The molecule has 0 spiro atoms. The molecule has 1 aromatic rings. The minimum atomic E-state index is -0.140. The third-order valence-electron chi connectivity index (χ3n) is 5.21. The Labute approximate surface area is 207 Å². The lowest BCUT2D eigenvalue weighted by Gasteiger charge is -2.36. The van der Waals surface area contributed by atoms with Crippen LogP contribution in [0.1, 0.15) is 37.7 Å². The molecular weight excluding hydrogens is 531 g/mol. The molecule has 0 aliphatic carbocycles. The first kappa shape index (κ1) is 27.5. The number of unbranched alkanes of at least 4 members (excludes halogenated alkanes) is 3. The zero-order chi connectivity index (χ0) is 21.8. The molecule has 1 heterocycles. The first-order valence-electron chi connectivity index (χ1n) is 10.6. The maximum Gasteiger partial charge on any atom is 0.305 e. The Morgan fingerprint density at radius 3 is 2.42 bits per heavy atom. The van der Waals surface area contributed by atoms with Gasteiger partial charge in [0, 0.05) is 51.2 Å². The van der Waals surface area contributed by atoms with Crippen molar-refractivity contribution < 1.29 is 14.3 Å². The lowest BCUT2D eigenvalue weighted by molar-refractivity contribution is -0.140. The highest BCUT2D eigenvalue weighted by molar-refractivity contribution is 14.0. The molecule has 0 aromatic heterocycles. The molecule has 2 rings (SSSR count). The molecule has 0 unspecified atom stereocenters. The van der Waals surface area contributed by atoms with Crippen LogP contribution >= 0.6 is 35.6 Å². The predicted molar refractivity (Wildman–Crippen MR) is 135 cm³/mol. The molecule has 7 nitrogen and oxygen atoms in total. The smallest absolute Gasteiger partial charge is 0.305 e. The Kier molecular flexibility index (Phi) is 13.6. The zero-order valence-corrected chi connectivity index (χ0v) is 21.5. The molecule has 1 N–H and O–H groups in total. The van der Waals surface area contributed by atoms with Crippen molar-refractivity contribution in [1.29, 1.82) is 0 Å². The van der Waals surface area contributed by atoms with Crippen molar-refractivity contribution in [2.75, 3.05) is 46.9 Å². The predicted octanol–water partition coefficient (Wildman–Crippen LogP) is 3.34. The molecule has 174 valence electrons. The fourth-order valence-corrected chi connectivity index (χ4v) is 3.70. The van der Waals surface area contributed by atoms with E-state index in [0.717, 1.165) is 56.8 Å². The summed E-state index contributed by atoms with van der Waals surface area (Å²) >= 11 is 6.01. The highest BCUT2D eigenvalue weighted by atomic mass is 127. The summed E-state index contributed by atoms with van der Waals surface area (Å²) in [6.45, 7) is 3.75. The summed E-state index contributed by atoms with van der Waals surface area (Å²) < 4.78 is 4.65. The number of hydrogen-bond acceptors (Lipinski definition) is 4. The van der Waals surface area contributed by atoms with E-state index < -0.39 is 0 Å². The third kappa shape index (κ3) is 10.1. The lowest BCUT2D eigenvalue weighted by atomic mass is 10.1. The van der Waals surface area contributed by atoms with E-state index in [1.165, 1.54) is 7.11 Å². The molecule has 1 saturated heterocycles. The van der Waals surface area contributed by atoms with E-state index in [1.54, 1.807) is 7.05 Å². The first-order valence-corrected chi connectivity index (χ1v) is 11.0. The van der Waals surface area contributed by atoms with Gasteiger partial charge < -0.3 is 19.9 Å². The molecule has 1 aliphatic rings. The molecule has 0 bridgehead atoms. The Morgan fingerprint density at radius 2 is 1.77 bits per heavy atom. The average Bonchev–Trinajstić information content (AvgIpc) is 2.75. The van der Waals surface area contributed by atoms with Crippen LogP contribution < -0.4 is 5.32 Å². The van der Waals surface area contributed by atoms with Gasteiger partial charge in [0.05, 0.1) is 13.5 Å². The number of aliphatic imine (C=N–C) groups is 1. The van der Waals surface area contributed by atoms with Crippen LogP contribution in [0.5, 0.6) is 0 Å². The van der Waals surface area contributed by atoms with E-state index in [-0.39, 0.29) is 35.9 Å². The number of hydrogen-bond donors (Lipinski definition) is 1. The minimum absolute atomic E-state index is 0. The number of esters is 1. The van der Waals surface area contributed by atoms with Crippen molar-refractivity contribution >= 4 is 53.4 Å². The topological polar surface area (TPSA) is 74.2 Å². The van der Waals surface area contributed by atoms with Gasteiger partial charge in [0.1, 0.15) is 0 Å². The van der Waals surface area contributed by atoms with E-state index in [4.69, 9.17) is 11.6 Å². The van der Waals surface area contributed by atoms with Crippen LogP contribution in [0.4, 0.5) is 0 Å². The van der Waals surface area contributed by atoms with Gasteiger partial charge in [-0.15, -0.1) is 24.0 Å². The molecule has 1 amide bonds. The normalized spacial score (nSPS) is 14.1. The van der Waals surface area contributed by atoms with Crippen LogP contribution in [0, 0.1) is 0 Å². The van der Waals surface area contributed by atoms with Gasteiger partial charge >= 0.3 is 5.97 Å². The molecule has 0 atom stereocenters. The number of halogens is 2. The number of amides is 1. The van der Waals surface area contributed by atoms with Crippen LogP contribution in [-0.4, -0.2) is 74.5 Å². The zero-order valence-electron chi connectivity index (χ0n) is 18.4. The summed E-state index contributed by atoms with van der Waals surface area (Å²) in [6, 6.07) is 7.46. The number of methoxy groups -OCH3 is 1. The van der Waals surface area contributed by atoms with Crippen molar-refractivity contribution in [2.45, 2.75) is 38.5 Å². The quantitative estimate of drug-likeness (QED) is 0.164. The van der Waals surface area contributed by atoms with Crippen molar-refractivity contribution in [2.24, 2.45) is 4.99 Å². The van der Waals surface area contributed by atoms with Crippen LogP contribution in [0.3, 0.4) is 0 Å². The summed E-state index contributed by atoms with van der Waals surface area (Å²) in [7, 11) is 3.21. The monoisotopic (exact) mass is 564 g/mol. The van der Waals surface area contributed by atoms with Gasteiger partial charge in [-0.1, -0.05) is 36.6 Å². The van der Waals surface area contributed by atoms with Crippen molar-refractivity contribution in [3.8, 4) is 0 Å². The Hall–Kier alpha value is -1.55. The molecule has 9 heteroatoms. The lowest BCUT2D eigenvalue weighted by Crippen LogP contribution is -2.54. The van der Waals surface area contributed by atoms with Crippen molar-refractivity contribution in [3.05, 3.63) is 34.9 Å². The number of nitrogens with zero attached hydrogens (tertiary/aromatic N) is 3. The molecule has 1 aromatic carbocycles. The van der Waals surface area contributed by atoms with Gasteiger partial charge in [-0.25, -0.2) is 0 Å². The number of nitrogens with one attached hydrogen (secondary N) is 1. The maximum atomic E-state index is 12.6. The molecule has 1 fully saturated rings.